The number of hydrogen-bond donors (Lipinski definition) is 1. The van der Waals surface area contributed by atoms with Gasteiger partial charge in [-0.25, -0.2) is 4.39 Å². The number of carbonyl (C=O) groups excluding carboxylic acids is 1. The van der Waals surface area contributed by atoms with Gasteiger partial charge in [0.2, 0.25) is 17.6 Å². The Balaban J connectivity index is 1.19. The third-order valence-electron chi connectivity index (χ3n) is 5.53. The van der Waals surface area contributed by atoms with E-state index in [1.165, 1.54) is 12.1 Å². The quantitative estimate of drug-likeness (QED) is 0.437. The Morgan fingerprint density at radius 1 is 1.21 bits per heavy atom. The van der Waals surface area contributed by atoms with Gasteiger partial charge in [0.15, 0.2) is 0 Å². The maximum absolute atomic E-state index is 13.0. The Labute approximate surface area is 201 Å². The molecule has 9 heteroatoms. The molecule has 6 nitrogen and oxygen atoms in total. The van der Waals surface area contributed by atoms with Crippen LogP contribution in [0.25, 0.3) is 11.4 Å². The molecule has 0 spiro atoms. The van der Waals surface area contributed by atoms with Gasteiger partial charge in [-0.3, -0.25) is 9.69 Å². The van der Waals surface area contributed by atoms with E-state index in [9.17, 15) is 9.18 Å². The lowest BCUT2D eigenvalue weighted by Gasteiger charge is -2.30. The van der Waals surface area contributed by atoms with Crippen molar-refractivity contribution in [2.45, 2.75) is 25.1 Å². The van der Waals surface area contributed by atoms with Gasteiger partial charge in [0.05, 0.1) is 12.5 Å². The van der Waals surface area contributed by atoms with Gasteiger partial charge in [0, 0.05) is 35.2 Å². The van der Waals surface area contributed by atoms with Crippen LogP contribution in [-0.2, 0) is 17.1 Å². The maximum atomic E-state index is 13.0. The molecule has 0 saturated carbocycles. The Hall–Kier alpha value is -2.42. The second-order valence-electron chi connectivity index (χ2n) is 8.06. The fourth-order valence-electron chi connectivity index (χ4n) is 3.80. The van der Waals surface area contributed by atoms with Crippen molar-refractivity contribution in [3.05, 3.63) is 70.8 Å². The van der Waals surface area contributed by atoms with Gasteiger partial charge in [-0.15, -0.1) is 0 Å². The molecule has 0 radical (unpaired) electrons. The number of amides is 1. The molecular weight excluding hydrogens is 463 g/mol. The highest BCUT2D eigenvalue weighted by molar-refractivity contribution is 7.98. The first kappa shape index (κ1) is 23.7. The van der Waals surface area contributed by atoms with E-state index < -0.39 is 0 Å². The van der Waals surface area contributed by atoms with Crippen LogP contribution < -0.4 is 5.32 Å². The molecule has 1 aliphatic heterocycles. The van der Waals surface area contributed by atoms with E-state index >= 15 is 0 Å². The van der Waals surface area contributed by atoms with E-state index in [0.717, 1.165) is 42.0 Å². The fraction of sp³-hybridized carbons (Fsp3) is 0.375. The highest BCUT2D eigenvalue weighted by Crippen LogP contribution is 2.21. The summed E-state index contributed by atoms with van der Waals surface area (Å²) in [5.41, 5.74) is 1.93. The van der Waals surface area contributed by atoms with Gasteiger partial charge in [-0.1, -0.05) is 28.9 Å². The molecule has 1 aromatic heterocycles. The largest absolute Gasteiger partial charge is 0.355 e. The van der Waals surface area contributed by atoms with Crippen molar-refractivity contribution in [2.24, 2.45) is 5.92 Å². The minimum absolute atomic E-state index is 0.0421. The number of benzene rings is 2. The molecule has 33 heavy (non-hydrogen) atoms. The first-order valence-electron chi connectivity index (χ1n) is 11.0. The number of halogens is 2. The zero-order valence-corrected chi connectivity index (χ0v) is 19.7. The van der Waals surface area contributed by atoms with Gasteiger partial charge in [-0.2, -0.15) is 16.7 Å². The Morgan fingerprint density at radius 3 is 2.79 bits per heavy atom. The number of likely N-dealkylation sites (tertiary alicyclic amines) is 1. The summed E-state index contributed by atoms with van der Waals surface area (Å²) in [6.45, 7) is 2.72. The number of nitrogens with zero attached hydrogens (tertiary/aromatic N) is 3. The van der Waals surface area contributed by atoms with Gasteiger partial charge in [0.1, 0.15) is 5.82 Å². The van der Waals surface area contributed by atoms with Crippen LogP contribution in [0, 0.1) is 11.7 Å². The molecule has 174 valence electrons. The summed E-state index contributed by atoms with van der Waals surface area (Å²) >= 11 is 7.66. The van der Waals surface area contributed by atoms with Crippen LogP contribution in [0.15, 0.2) is 53.1 Å². The first-order chi connectivity index (χ1) is 16.1. The molecule has 1 aliphatic rings. The second kappa shape index (κ2) is 11.6. The Morgan fingerprint density at radius 2 is 2.00 bits per heavy atom. The summed E-state index contributed by atoms with van der Waals surface area (Å²) in [7, 11) is 0. The molecule has 3 aromatic rings. The molecule has 1 saturated heterocycles. The standard InChI is InChI=1S/C24H26ClFN4O2S/c25-20-7-5-18(6-8-20)23-28-22(32-29-23)15-30-12-1-2-19(14-30)24(31)27-11-13-33-16-17-3-9-21(26)10-4-17/h3-10,19H,1-2,11-16H2,(H,27,31). The lowest BCUT2D eigenvalue weighted by Crippen LogP contribution is -2.43. The average Bonchev–Trinajstić information content (AvgIpc) is 3.29. The highest BCUT2D eigenvalue weighted by Gasteiger charge is 2.26. The van der Waals surface area contributed by atoms with Crippen molar-refractivity contribution >= 4 is 29.3 Å². The van der Waals surface area contributed by atoms with Gasteiger partial charge >= 0.3 is 0 Å². The summed E-state index contributed by atoms with van der Waals surface area (Å²) in [6, 6.07) is 13.8. The van der Waals surface area contributed by atoms with E-state index in [0.29, 0.717) is 36.4 Å². The average molecular weight is 489 g/mol. The van der Waals surface area contributed by atoms with Crippen molar-refractivity contribution in [1.82, 2.24) is 20.4 Å². The van der Waals surface area contributed by atoms with E-state index in [4.69, 9.17) is 16.1 Å². The molecule has 1 unspecified atom stereocenters. The lowest BCUT2D eigenvalue weighted by molar-refractivity contribution is -0.126. The second-order valence-corrected chi connectivity index (χ2v) is 9.60. The number of piperidine rings is 1. The Kier molecular flexibility index (Phi) is 8.36. The highest BCUT2D eigenvalue weighted by atomic mass is 35.5. The SMILES string of the molecule is O=C(NCCSCc1ccc(F)cc1)C1CCCN(Cc2nc(-c3ccc(Cl)cc3)no2)C1. The van der Waals surface area contributed by atoms with Gasteiger partial charge in [-0.05, 0) is 61.3 Å². The minimum Gasteiger partial charge on any atom is -0.355 e. The molecule has 2 aromatic carbocycles. The van der Waals surface area contributed by atoms with Crippen LogP contribution >= 0.6 is 23.4 Å². The first-order valence-corrected chi connectivity index (χ1v) is 12.5. The van der Waals surface area contributed by atoms with Crippen LogP contribution in [0.1, 0.15) is 24.3 Å². The summed E-state index contributed by atoms with van der Waals surface area (Å²) in [5, 5.41) is 7.78. The smallest absolute Gasteiger partial charge is 0.241 e. The van der Waals surface area contributed by atoms with Crippen molar-refractivity contribution in [1.29, 1.82) is 0 Å². The molecule has 1 fully saturated rings. The zero-order valence-electron chi connectivity index (χ0n) is 18.2. The monoisotopic (exact) mass is 488 g/mol. The number of thioether (sulfide) groups is 1. The minimum atomic E-state index is -0.223. The molecule has 1 amide bonds. The predicted octanol–water partition coefficient (Wildman–Crippen LogP) is 4.79. The van der Waals surface area contributed by atoms with Crippen LogP contribution in [0.5, 0.6) is 0 Å². The molecule has 0 aliphatic carbocycles. The topological polar surface area (TPSA) is 71.3 Å². The van der Waals surface area contributed by atoms with E-state index in [1.54, 1.807) is 36.0 Å². The summed E-state index contributed by atoms with van der Waals surface area (Å²) < 4.78 is 18.4. The van der Waals surface area contributed by atoms with Crippen molar-refractivity contribution < 1.29 is 13.7 Å². The number of nitrogens with one attached hydrogen (secondary N) is 1. The number of rotatable bonds is 9. The molecule has 0 bridgehead atoms. The fourth-order valence-corrected chi connectivity index (χ4v) is 4.75. The third kappa shape index (κ3) is 7.03. The van der Waals surface area contributed by atoms with Crippen molar-refractivity contribution in [2.75, 3.05) is 25.4 Å². The lowest BCUT2D eigenvalue weighted by atomic mass is 9.97. The number of carbonyl (C=O) groups is 1. The summed E-state index contributed by atoms with van der Waals surface area (Å²) in [5.74, 6) is 2.52. The molecule has 4 rings (SSSR count). The normalized spacial score (nSPS) is 16.6. The third-order valence-corrected chi connectivity index (χ3v) is 6.82. The number of aromatic nitrogens is 2. The van der Waals surface area contributed by atoms with Crippen molar-refractivity contribution in [3.8, 4) is 11.4 Å². The molecule has 1 N–H and O–H groups in total. The summed E-state index contributed by atoms with van der Waals surface area (Å²) in [4.78, 5) is 19.3. The van der Waals surface area contributed by atoms with Gasteiger partial charge in [0.25, 0.3) is 0 Å². The molecular formula is C24H26ClFN4O2S. The molecule has 1 atom stereocenters. The maximum Gasteiger partial charge on any atom is 0.241 e. The van der Waals surface area contributed by atoms with Crippen LogP contribution in [0.2, 0.25) is 5.02 Å². The molecule has 2 heterocycles. The van der Waals surface area contributed by atoms with E-state index in [1.807, 2.05) is 12.1 Å². The van der Waals surface area contributed by atoms with Crippen LogP contribution in [0.4, 0.5) is 4.39 Å². The van der Waals surface area contributed by atoms with Crippen LogP contribution in [0.3, 0.4) is 0 Å². The van der Waals surface area contributed by atoms with Gasteiger partial charge < -0.3 is 9.84 Å². The Bertz CT molecular complexity index is 1050. The van der Waals surface area contributed by atoms with Crippen LogP contribution in [-0.4, -0.2) is 46.3 Å². The van der Waals surface area contributed by atoms with E-state index in [2.05, 4.69) is 20.4 Å². The number of hydrogen-bond acceptors (Lipinski definition) is 6. The zero-order chi connectivity index (χ0) is 23.0. The van der Waals surface area contributed by atoms with Crippen molar-refractivity contribution in [3.63, 3.8) is 0 Å². The van der Waals surface area contributed by atoms with E-state index in [-0.39, 0.29) is 17.6 Å². The summed E-state index contributed by atoms with van der Waals surface area (Å²) in [6.07, 6.45) is 1.83. The predicted molar refractivity (Wildman–Crippen MR) is 128 cm³/mol.